The summed E-state index contributed by atoms with van der Waals surface area (Å²) in [6.07, 6.45) is 1.61. The molecule has 2 rings (SSSR count). The fourth-order valence-electron chi connectivity index (χ4n) is 1.69. The first-order valence-corrected chi connectivity index (χ1v) is 6.01. The Labute approximate surface area is 110 Å². The van der Waals surface area contributed by atoms with Gasteiger partial charge >= 0.3 is 0 Å². The van der Waals surface area contributed by atoms with Crippen LogP contribution in [-0.2, 0) is 0 Å². The Hall–Kier alpha value is -1.88. The van der Waals surface area contributed by atoms with Crippen LogP contribution in [0.4, 0.5) is 8.78 Å². The van der Waals surface area contributed by atoms with Crippen LogP contribution < -0.4 is 10.1 Å². The van der Waals surface area contributed by atoms with Crippen molar-refractivity contribution in [3.05, 3.63) is 54.0 Å². The van der Waals surface area contributed by atoms with E-state index in [2.05, 4.69) is 5.32 Å². The zero-order valence-electron chi connectivity index (χ0n) is 10.5. The van der Waals surface area contributed by atoms with Gasteiger partial charge in [0.1, 0.15) is 29.8 Å². The van der Waals surface area contributed by atoms with E-state index in [9.17, 15) is 8.78 Å². The van der Waals surface area contributed by atoms with Gasteiger partial charge in [0.2, 0.25) is 0 Å². The number of ether oxygens (including phenoxy) is 1. The largest absolute Gasteiger partial charge is 0.492 e. The molecule has 0 aliphatic carbocycles. The number of rotatable bonds is 6. The van der Waals surface area contributed by atoms with Crippen molar-refractivity contribution in [2.45, 2.75) is 13.0 Å². The highest BCUT2D eigenvalue weighted by Crippen LogP contribution is 2.15. The van der Waals surface area contributed by atoms with Crippen LogP contribution in [0.25, 0.3) is 0 Å². The van der Waals surface area contributed by atoms with Gasteiger partial charge in [-0.3, -0.25) is 0 Å². The molecule has 1 atom stereocenters. The van der Waals surface area contributed by atoms with Crippen molar-refractivity contribution >= 4 is 0 Å². The summed E-state index contributed by atoms with van der Waals surface area (Å²) in [6.45, 7) is 2.81. The van der Waals surface area contributed by atoms with Crippen LogP contribution in [-0.4, -0.2) is 13.2 Å². The molecule has 0 aliphatic rings. The zero-order valence-corrected chi connectivity index (χ0v) is 10.5. The van der Waals surface area contributed by atoms with E-state index in [0.717, 1.165) is 24.0 Å². The molecule has 1 N–H and O–H groups in total. The second kappa shape index (κ2) is 6.33. The molecule has 2 aromatic rings. The maximum Gasteiger partial charge on any atom is 0.129 e. The van der Waals surface area contributed by atoms with Gasteiger partial charge in [0.25, 0.3) is 0 Å². The zero-order chi connectivity index (χ0) is 13.7. The quantitative estimate of drug-likeness (QED) is 0.815. The summed E-state index contributed by atoms with van der Waals surface area (Å²) in [7, 11) is 0. The molecule has 1 aromatic heterocycles. The summed E-state index contributed by atoms with van der Waals surface area (Å²) < 4.78 is 36.3. The van der Waals surface area contributed by atoms with Gasteiger partial charge in [-0.1, -0.05) is 0 Å². The highest BCUT2D eigenvalue weighted by Gasteiger charge is 2.07. The summed E-state index contributed by atoms with van der Waals surface area (Å²) >= 11 is 0. The molecule has 19 heavy (non-hydrogen) atoms. The van der Waals surface area contributed by atoms with Gasteiger partial charge in [0, 0.05) is 24.7 Å². The predicted molar refractivity (Wildman–Crippen MR) is 67.0 cm³/mol. The molecular weight excluding hydrogens is 252 g/mol. The van der Waals surface area contributed by atoms with E-state index in [4.69, 9.17) is 9.15 Å². The Balaban J connectivity index is 1.75. The van der Waals surface area contributed by atoms with Crippen molar-refractivity contribution < 1.29 is 17.9 Å². The first kappa shape index (κ1) is 13.5. The van der Waals surface area contributed by atoms with Gasteiger partial charge in [-0.2, -0.15) is 0 Å². The standard InChI is InChI=1S/C14H15F2NO2/c1-10(14-3-2-5-19-14)17-4-6-18-13-8-11(15)7-12(16)9-13/h2-3,5,7-10,17H,4,6H2,1H3. The Bertz CT molecular complexity index is 494. The van der Waals surface area contributed by atoms with Crippen LogP contribution >= 0.6 is 0 Å². The summed E-state index contributed by atoms with van der Waals surface area (Å²) in [5, 5.41) is 3.18. The lowest BCUT2D eigenvalue weighted by Crippen LogP contribution is -2.24. The smallest absolute Gasteiger partial charge is 0.129 e. The third kappa shape index (κ3) is 4.06. The lowest BCUT2D eigenvalue weighted by Gasteiger charge is -2.12. The van der Waals surface area contributed by atoms with Crippen molar-refractivity contribution in [2.24, 2.45) is 0 Å². The Kier molecular flexibility index (Phi) is 4.52. The summed E-state index contributed by atoms with van der Waals surface area (Å²) in [5.41, 5.74) is 0. The molecule has 3 nitrogen and oxygen atoms in total. The van der Waals surface area contributed by atoms with E-state index in [0.29, 0.717) is 13.2 Å². The molecule has 0 spiro atoms. The molecule has 5 heteroatoms. The van der Waals surface area contributed by atoms with Crippen LogP contribution in [0.15, 0.2) is 41.0 Å². The van der Waals surface area contributed by atoms with E-state index in [1.54, 1.807) is 6.26 Å². The maximum atomic E-state index is 12.9. The number of furan rings is 1. The molecule has 102 valence electrons. The lowest BCUT2D eigenvalue weighted by molar-refractivity contribution is 0.299. The molecule has 0 fully saturated rings. The fraction of sp³-hybridized carbons (Fsp3) is 0.286. The Morgan fingerprint density at radius 3 is 2.63 bits per heavy atom. The second-order valence-corrected chi connectivity index (χ2v) is 4.14. The van der Waals surface area contributed by atoms with E-state index in [1.807, 2.05) is 19.1 Å². The predicted octanol–water partition coefficient (Wildman–Crippen LogP) is 3.29. The van der Waals surface area contributed by atoms with Crippen molar-refractivity contribution in [3.8, 4) is 5.75 Å². The van der Waals surface area contributed by atoms with Crippen LogP contribution in [0.1, 0.15) is 18.7 Å². The van der Waals surface area contributed by atoms with E-state index in [-0.39, 0.29) is 11.8 Å². The monoisotopic (exact) mass is 267 g/mol. The molecule has 1 unspecified atom stereocenters. The topological polar surface area (TPSA) is 34.4 Å². The van der Waals surface area contributed by atoms with E-state index >= 15 is 0 Å². The minimum absolute atomic E-state index is 0.0582. The van der Waals surface area contributed by atoms with Gasteiger partial charge in [0.15, 0.2) is 0 Å². The molecule has 0 radical (unpaired) electrons. The molecule has 0 amide bonds. The van der Waals surface area contributed by atoms with Crippen LogP contribution in [0, 0.1) is 11.6 Å². The average Bonchev–Trinajstić information content (AvgIpc) is 2.87. The second-order valence-electron chi connectivity index (χ2n) is 4.14. The average molecular weight is 267 g/mol. The first-order chi connectivity index (χ1) is 9.15. The van der Waals surface area contributed by atoms with Crippen LogP contribution in [0.2, 0.25) is 0 Å². The van der Waals surface area contributed by atoms with Crippen LogP contribution in [0.5, 0.6) is 5.75 Å². The normalized spacial score (nSPS) is 12.4. The van der Waals surface area contributed by atoms with Crippen molar-refractivity contribution in [3.63, 3.8) is 0 Å². The van der Waals surface area contributed by atoms with Crippen LogP contribution in [0.3, 0.4) is 0 Å². The van der Waals surface area contributed by atoms with Gasteiger partial charge in [0.05, 0.1) is 12.3 Å². The molecular formula is C14H15F2NO2. The minimum Gasteiger partial charge on any atom is -0.492 e. The SMILES string of the molecule is CC(NCCOc1cc(F)cc(F)c1)c1ccco1. The maximum absolute atomic E-state index is 12.9. The number of benzene rings is 1. The third-order valence-electron chi connectivity index (χ3n) is 2.63. The number of hydrogen-bond donors (Lipinski definition) is 1. The molecule has 0 bridgehead atoms. The van der Waals surface area contributed by atoms with E-state index in [1.165, 1.54) is 0 Å². The Morgan fingerprint density at radius 2 is 2.00 bits per heavy atom. The fourth-order valence-corrected chi connectivity index (χ4v) is 1.69. The molecule has 1 aromatic carbocycles. The van der Waals surface area contributed by atoms with Gasteiger partial charge in [-0.15, -0.1) is 0 Å². The minimum atomic E-state index is -0.646. The van der Waals surface area contributed by atoms with Gasteiger partial charge in [-0.05, 0) is 19.1 Å². The highest BCUT2D eigenvalue weighted by molar-refractivity contribution is 5.23. The highest BCUT2D eigenvalue weighted by atomic mass is 19.1. The lowest BCUT2D eigenvalue weighted by atomic mass is 10.2. The summed E-state index contributed by atoms with van der Waals surface area (Å²) in [6, 6.07) is 6.87. The summed E-state index contributed by atoms with van der Waals surface area (Å²) in [5.74, 6) is -0.277. The molecule has 0 aliphatic heterocycles. The van der Waals surface area contributed by atoms with Crippen molar-refractivity contribution in [1.82, 2.24) is 5.32 Å². The van der Waals surface area contributed by atoms with Crippen molar-refractivity contribution in [2.75, 3.05) is 13.2 Å². The van der Waals surface area contributed by atoms with Gasteiger partial charge in [-0.25, -0.2) is 8.78 Å². The number of hydrogen-bond acceptors (Lipinski definition) is 3. The molecule has 0 saturated carbocycles. The van der Waals surface area contributed by atoms with Crippen molar-refractivity contribution in [1.29, 1.82) is 0 Å². The molecule has 0 saturated heterocycles. The molecule has 1 heterocycles. The Morgan fingerprint density at radius 1 is 1.26 bits per heavy atom. The summed E-state index contributed by atoms with van der Waals surface area (Å²) in [4.78, 5) is 0. The first-order valence-electron chi connectivity index (χ1n) is 6.01. The van der Waals surface area contributed by atoms with E-state index < -0.39 is 11.6 Å². The number of nitrogens with one attached hydrogen (secondary N) is 1. The third-order valence-corrected chi connectivity index (χ3v) is 2.63. The number of halogens is 2. The van der Waals surface area contributed by atoms with Gasteiger partial charge < -0.3 is 14.5 Å².